The van der Waals surface area contributed by atoms with Crippen LogP contribution < -0.4 is 5.69 Å². The van der Waals surface area contributed by atoms with Gasteiger partial charge >= 0.3 is 11.7 Å². The number of carbonyl (C=O) groups excluding carboxylic acids is 1. The fraction of sp³-hybridized carbons (Fsp3) is 0.286. The minimum absolute atomic E-state index is 0.161. The summed E-state index contributed by atoms with van der Waals surface area (Å²) in [6.07, 6.45) is -0.168. The van der Waals surface area contributed by atoms with E-state index in [2.05, 4.69) is 9.72 Å². The van der Waals surface area contributed by atoms with E-state index < -0.39 is 11.7 Å². The van der Waals surface area contributed by atoms with Gasteiger partial charge in [0.2, 0.25) is 5.88 Å². The Kier molecular flexibility index (Phi) is 3.93. The predicted molar refractivity (Wildman–Crippen MR) is 72.7 cm³/mol. The third-order valence-corrected chi connectivity index (χ3v) is 3.04. The Morgan fingerprint density at radius 1 is 1.35 bits per heavy atom. The van der Waals surface area contributed by atoms with E-state index >= 15 is 0 Å². The molecule has 106 valence electrons. The summed E-state index contributed by atoms with van der Waals surface area (Å²) in [6, 6.07) is 7.63. The highest BCUT2D eigenvalue weighted by molar-refractivity contribution is 5.72. The largest absolute Gasteiger partial charge is 0.493 e. The molecule has 0 aliphatic heterocycles. The standard InChI is InChI=1S/C14H16N2O4/c1-9-3-5-10(6-4-9)8-16-13(18)11(15-14(16)19)7-12(17)20-2/h3-6,18H,7-8H2,1-2H3,(H,15,19). The van der Waals surface area contributed by atoms with E-state index in [4.69, 9.17) is 0 Å². The second kappa shape index (κ2) is 5.64. The molecule has 6 nitrogen and oxygen atoms in total. The molecule has 2 rings (SSSR count). The maximum Gasteiger partial charge on any atom is 0.328 e. The molecule has 0 aliphatic carbocycles. The van der Waals surface area contributed by atoms with Crippen LogP contribution in [0.3, 0.4) is 0 Å². The molecule has 2 aromatic rings. The number of rotatable bonds is 4. The number of esters is 1. The van der Waals surface area contributed by atoms with E-state index in [1.165, 1.54) is 11.7 Å². The second-order valence-corrected chi connectivity index (χ2v) is 4.56. The summed E-state index contributed by atoms with van der Waals surface area (Å²) in [7, 11) is 1.25. The Labute approximate surface area is 115 Å². The van der Waals surface area contributed by atoms with Crippen LogP contribution in [0, 0.1) is 6.92 Å². The molecule has 0 aliphatic rings. The zero-order valence-electron chi connectivity index (χ0n) is 11.3. The highest BCUT2D eigenvalue weighted by Gasteiger charge is 2.16. The van der Waals surface area contributed by atoms with Gasteiger partial charge in [-0.15, -0.1) is 0 Å². The van der Waals surface area contributed by atoms with Crippen LogP contribution in [0.5, 0.6) is 5.88 Å². The van der Waals surface area contributed by atoms with Crippen LogP contribution in [0.25, 0.3) is 0 Å². The molecular weight excluding hydrogens is 260 g/mol. The molecule has 1 aromatic carbocycles. The van der Waals surface area contributed by atoms with Crippen molar-refractivity contribution in [3.63, 3.8) is 0 Å². The van der Waals surface area contributed by atoms with Gasteiger partial charge in [-0.2, -0.15) is 0 Å². The van der Waals surface area contributed by atoms with E-state index in [-0.39, 0.29) is 24.5 Å². The first-order valence-electron chi connectivity index (χ1n) is 6.14. The van der Waals surface area contributed by atoms with E-state index in [0.29, 0.717) is 0 Å². The maximum absolute atomic E-state index is 11.8. The molecule has 1 heterocycles. The molecule has 0 bridgehead atoms. The van der Waals surface area contributed by atoms with Crippen molar-refractivity contribution in [2.45, 2.75) is 19.9 Å². The number of hydrogen-bond acceptors (Lipinski definition) is 4. The van der Waals surface area contributed by atoms with E-state index in [0.717, 1.165) is 11.1 Å². The number of imidazole rings is 1. The van der Waals surface area contributed by atoms with Crippen molar-refractivity contribution in [3.8, 4) is 5.88 Å². The highest BCUT2D eigenvalue weighted by atomic mass is 16.5. The lowest BCUT2D eigenvalue weighted by molar-refractivity contribution is -0.139. The van der Waals surface area contributed by atoms with Crippen molar-refractivity contribution in [3.05, 3.63) is 51.6 Å². The van der Waals surface area contributed by atoms with Crippen LogP contribution in [0.15, 0.2) is 29.1 Å². The zero-order valence-corrected chi connectivity index (χ0v) is 11.3. The average molecular weight is 276 g/mol. The summed E-state index contributed by atoms with van der Waals surface area (Å²) in [5.74, 6) is -0.759. The SMILES string of the molecule is COC(=O)Cc1[nH]c(=O)n(Cc2ccc(C)cc2)c1O. The van der Waals surface area contributed by atoms with Gasteiger partial charge in [0.25, 0.3) is 0 Å². The number of aromatic nitrogens is 2. The number of nitrogens with one attached hydrogen (secondary N) is 1. The van der Waals surface area contributed by atoms with Gasteiger partial charge in [0, 0.05) is 0 Å². The lowest BCUT2D eigenvalue weighted by Crippen LogP contribution is -2.17. The number of benzene rings is 1. The number of nitrogens with zero attached hydrogens (tertiary/aromatic N) is 1. The van der Waals surface area contributed by atoms with Crippen LogP contribution >= 0.6 is 0 Å². The molecule has 0 unspecified atom stereocenters. The number of hydrogen-bond donors (Lipinski definition) is 2. The molecule has 0 fully saturated rings. The number of H-pyrrole nitrogens is 1. The molecule has 0 spiro atoms. The number of methoxy groups -OCH3 is 1. The lowest BCUT2D eigenvalue weighted by atomic mass is 10.1. The topological polar surface area (TPSA) is 84.3 Å². The molecule has 6 heteroatoms. The number of ether oxygens (including phenoxy) is 1. The van der Waals surface area contributed by atoms with Crippen molar-refractivity contribution in [2.75, 3.05) is 7.11 Å². The molecule has 0 saturated carbocycles. The van der Waals surface area contributed by atoms with Crippen molar-refractivity contribution < 1.29 is 14.6 Å². The van der Waals surface area contributed by atoms with Crippen molar-refractivity contribution in [2.24, 2.45) is 0 Å². The molecule has 0 saturated heterocycles. The summed E-state index contributed by atoms with van der Waals surface area (Å²) < 4.78 is 5.69. The average Bonchev–Trinajstić information content (AvgIpc) is 2.68. The molecule has 2 N–H and O–H groups in total. The number of aromatic hydroxyl groups is 1. The summed E-state index contributed by atoms with van der Waals surface area (Å²) in [4.78, 5) is 25.4. The van der Waals surface area contributed by atoms with Crippen molar-refractivity contribution in [1.82, 2.24) is 9.55 Å². The summed E-state index contributed by atoms with van der Waals surface area (Å²) in [6.45, 7) is 2.21. The third kappa shape index (κ3) is 2.90. The number of aromatic amines is 1. The predicted octanol–water partition coefficient (Wildman–Crippen LogP) is 0.954. The first-order chi connectivity index (χ1) is 9.51. The van der Waals surface area contributed by atoms with Crippen LogP contribution in [0.1, 0.15) is 16.8 Å². The summed E-state index contributed by atoms with van der Waals surface area (Å²) >= 11 is 0. The van der Waals surface area contributed by atoms with Crippen molar-refractivity contribution >= 4 is 5.97 Å². The maximum atomic E-state index is 11.8. The number of carbonyl (C=O) groups is 1. The molecular formula is C14H16N2O4. The minimum atomic E-state index is -0.524. The molecule has 0 amide bonds. The Balaban J connectivity index is 2.26. The first-order valence-corrected chi connectivity index (χ1v) is 6.14. The Bertz CT molecular complexity index is 667. The Morgan fingerprint density at radius 3 is 2.60 bits per heavy atom. The van der Waals surface area contributed by atoms with E-state index in [1.54, 1.807) is 0 Å². The van der Waals surface area contributed by atoms with Crippen LogP contribution in [0.4, 0.5) is 0 Å². The molecule has 1 aromatic heterocycles. The number of aryl methyl sites for hydroxylation is 1. The van der Waals surface area contributed by atoms with Gasteiger partial charge in [0.15, 0.2) is 0 Å². The van der Waals surface area contributed by atoms with Crippen molar-refractivity contribution in [1.29, 1.82) is 0 Å². The Hall–Kier alpha value is -2.50. The van der Waals surface area contributed by atoms with Crippen LogP contribution in [-0.2, 0) is 22.5 Å². The van der Waals surface area contributed by atoms with Gasteiger partial charge in [0.05, 0.1) is 25.8 Å². The quantitative estimate of drug-likeness (QED) is 0.814. The van der Waals surface area contributed by atoms with Crippen LogP contribution in [0.2, 0.25) is 0 Å². The minimum Gasteiger partial charge on any atom is -0.493 e. The van der Waals surface area contributed by atoms with Gasteiger partial charge in [-0.25, -0.2) is 4.79 Å². The summed E-state index contributed by atoms with van der Waals surface area (Å²) in [5, 5.41) is 9.99. The molecule has 0 atom stereocenters. The summed E-state index contributed by atoms with van der Waals surface area (Å²) in [5.41, 5.74) is 1.71. The molecule has 0 radical (unpaired) electrons. The van der Waals surface area contributed by atoms with Gasteiger partial charge < -0.3 is 14.8 Å². The lowest BCUT2D eigenvalue weighted by Gasteiger charge is -2.04. The second-order valence-electron chi connectivity index (χ2n) is 4.56. The first kappa shape index (κ1) is 13.9. The van der Waals surface area contributed by atoms with Gasteiger partial charge in [0.1, 0.15) is 0 Å². The normalized spacial score (nSPS) is 10.5. The third-order valence-electron chi connectivity index (χ3n) is 3.04. The highest BCUT2D eigenvalue weighted by Crippen LogP contribution is 2.15. The monoisotopic (exact) mass is 276 g/mol. The van der Waals surface area contributed by atoms with E-state index in [1.807, 2.05) is 31.2 Å². The molecule has 20 heavy (non-hydrogen) atoms. The van der Waals surface area contributed by atoms with Crippen LogP contribution in [-0.4, -0.2) is 27.7 Å². The fourth-order valence-corrected chi connectivity index (χ4v) is 1.87. The van der Waals surface area contributed by atoms with Gasteiger partial charge in [-0.1, -0.05) is 29.8 Å². The van der Waals surface area contributed by atoms with E-state index in [9.17, 15) is 14.7 Å². The van der Waals surface area contributed by atoms with Gasteiger partial charge in [-0.05, 0) is 12.5 Å². The smallest absolute Gasteiger partial charge is 0.328 e. The Morgan fingerprint density at radius 2 is 2.00 bits per heavy atom. The zero-order chi connectivity index (χ0) is 14.7. The fourth-order valence-electron chi connectivity index (χ4n) is 1.87. The van der Waals surface area contributed by atoms with Gasteiger partial charge in [-0.3, -0.25) is 9.36 Å².